The Balaban J connectivity index is 2.27. The van der Waals surface area contributed by atoms with Gasteiger partial charge < -0.3 is 10.0 Å². The average Bonchev–Trinajstić information content (AvgIpc) is 2.25. The van der Waals surface area contributed by atoms with E-state index < -0.39 is 0 Å². The van der Waals surface area contributed by atoms with Crippen LogP contribution in [0, 0.1) is 0 Å². The number of aromatic nitrogens is 2. The molecule has 0 radical (unpaired) electrons. The molecule has 1 aromatic rings. The van der Waals surface area contributed by atoms with Crippen LogP contribution in [-0.4, -0.2) is 34.3 Å². The van der Waals surface area contributed by atoms with Crippen LogP contribution in [0.3, 0.4) is 0 Å². The van der Waals surface area contributed by atoms with Gasteiger partial charge in [-0.3, -0.25) is 0 Å². The molecule has 1 saturated carbocycles. The van der Waals surface area contributed by atoms with Crippen LogP contribution in [0.1, 0.15) is 44.9 Å². The van der Waals surface area contributed by atoms with Crippen molar-refractivity contribution in [3.05, 3.63) is 17.0 Å². The van der Waals surface area contributed by atoms with E-state index in [2.05, 4.69) is 28.7 Å². The molecule has 0 amide bonds. The number of hydrogen-bond donors (Lipinski definition) is 1. The largest absolute Gasteiger partial charge is 0.395 e. The third-order valence-corrected chi connectivity index (χ3v) is 3.56. The SMILES string of the molecule is CC(C)c1nc(Cl)cc(N(CCO)C2CCC2)n1. The van der Waals surface area contributed by atoms with Crippen LogP contribution in [0.25, 0.3) is 0 Å². The summed E-state index contributed by atoms with van der Waals surface area (Å²) in [5, 5.41) is 9.67. The van der Waals surface area contributed by atoms with E-state index >= 15 is 0 Å². The molecule has 0 aromatic carbocycles. The van der Waals surface area contributed by atoms with Crippen molar-refractivity contribution in [2.75, 3.05) is 18.1 Å². The zero-order chi connectivity index (χ0) is 13.1. The number of hydrogen-bond acceptors (Lipinski definition) is 4. The summed E-state index contributed by atoms with van der Waals surface area (Å²) in [7, 11) is 0. The van der Waals surface area contributed by atoms with Gasteiger partial charge in [-0.2, -0.15) is 0 Å². The van der Waals surface area contributed by atoms with Gasteiger partial charge in [0.15, 0.2) is 0 Å². The summed E-state index contributed by atoms with van der Waals surface area (Å²) < 4.78 is 0. The second-order valence-corrected chi connectivity index (χ2v) is 5.45. The first-order valence-electron chi connectivity index (χ1n) is 6.53. The van der Waals surface area contributed by atoms with Crippen LogP contribution in [0.15, 0.2) is 6.07 Å². The Hall–Kier alpha value is -0.870. The van der Waals surface area contributed by atoms with E-state index in [1.54, 1.807) is 6.07 Å². The van der Waals surface area contributed by atoms with Crippen molar-refractivity contribution in [2.24, 2.45) is 0 Å². The summed E-state index contributed by atoms with van der Waals surface area (Å²) in [6, 6.07) is 2.28. The first kappa shape index (κ1) is 13.6. The molecule has 0 atom stereocenters. The smallest absolute Gasteiger partial charge is 0.135 e. The maximum atomic E-state index is 9.20. The molecule has 0 saturated heterocycles. The van der Waals surface area contributed by atoms with Crippen molar-refractivity contribution in [2.45, 2.75) is 45.1 Å². The number of rotatable bonds is 5. The van der Waals surface area contributed by atoms with Crippen molar-refractivity contribution < 1.29 is 5.11 Å². The number of halogens is 1. The van der Waals surface area contributed by atoms with Gasteiger partial charge in [-0.25, -0.2) is 9.97 Å². The van der Waals surface area contributed by atoms with Crippen molar-refractivity contribution in [1.29, 1.82) is 0 Å². The molecule has 0 aliphatic heterocycles. The maximum absolute atomic E-state index is 9.20. The summed E-state index contributed by atoms with van der Waals surface area (Å²) in [6.07, 6.45) is 3.58. The predicted molar refractivity (Wildman–Crippen MR) is 73.2 cm³/mol. The van der Waals surface area contributed by atoms with Gasteiger partial charge in [-0.05, 0) is 19.3 Å². The minimum absolute atomic E-state index is 0.134. The lowest BCUT2D eigenvalue weighted by Gasteiger charge is -2.38. The third-order valence-electron chi connectivity index (χ3n) is 3.37. The van der Waals surface area contributed by atoms with Crippen LogP contribution in [0.5, 0.6) is 0 Å². The van der Waals surface area contributed by atoms with E-state index in [1.807, 2.05) is 0 Å². The fourth-order valence-electron chi connectivity index (χ4n) is 2.12. The number of aliphatic hydroxyl groups is 1. The summed E-state index contributed by atoms with van der Waals surface area (Å²) in [5.74, 6) is 1.86. The lowest BCUT2D eigenvalue weighted by atomic mass is 9.91. The van der Waals surface area contributed by atoms with Gasteiger partial charge in [0.1, 0.15) is 16.8 Å². The summed E-state index contributed by atoms with van der Waals surface area (Å²) in [4.78, 5) is 11.0. The molecule has 1 heterocycles. The van der Waals surface area contributed by atoms with Crippen molar-refractivity contribution in [3.8, 4) is 0 Å². The molecule has 0 spiro atoms. The molecular formula is C13H20ClN3O. The molecule has 18 heavy (non-hydrogen) atoms. The maximum Gasteiger partial charge on any atom is 0.135 e. The summed E-state index contributed by atoms with van der Waals surface area (Å²) in [5.41, 5.74) is 0. The lowest BCUT2D eigenvalue weighted by molar-refractivity contribution is 0.283. The minimum atomic E-state index is 0.134. The van der Waals surface area contributed by atoms with E-state index in [1.165, 1.54) is 19.3 Å². The molecule has 1 aliphatic carbocycles. The Labute approximate surface area is 113 Å². The van der Waals surface area contributed by atoms with Gasteiger partial charge >= 0.3 is 0 Å². The summed E-state index contributed by atoms with van der Waals surface area (Å²) >= 11 is 6.06. The van der Waals surface area contributed by atoms with E-state index in [0.717, 1.165) is 11.6 Å². The van der Waals surface area contributed by atoms with Gasteiger partial charge in [0.05, 0.1) is 6.61 Å². The molecule has 0 bridgehead atoms. The predicted octanol–water partition coefficient (Wildman–Crippen LogP) is 2.60. The van der Waals surface area contributed by atoms with Crippen LogP contribution in [0.4, 0.5) is 5.82 Å². The Morgan fingerprint density at radius 3 is 2.67 bits per heavy atom. The highest BCUT2D eigenvalue weighted by atomic mass is 35.5. The van der Waals surface area contributed by atoms with E-state index in [-0.39, 0.29) is 12.5 Å². The first-order chi connectivity index (χ1) is 8.61. The van der Waals surface area contributed by atoms with Gasteiger partial charge in [-0.1, -0.05) is 25.4 Å². The second kappa shape index (κ2) is 5.85. The van der Waals surface area contributed by atoms with Crippen molar-refractivity contribution in [3.63, 3.8) is 0 Å². The van der Waals surface area contributed by atoms with Gasteiger partial charge in [0, 0.05) is 24.6 Å². The molecule has 1 N–H and O–H groups in total. The summed E-state index contributed by atoms with van der Waals surface area (Å²) in [6.45, 7) is 4.84. The van der Waals surface area contributed by atoms with Crippen molar-refractivity contribution in [1.82, 2.24) is 9.97 Å². The highest BCUT2D eigenvalue weighted by Crippen LogP contribution is 2.29. The van der Waals surface area contributed by atoms with Gasteiger partial charge in [-0.15, -0.1) is 0 Å². The molecule has 1 aliphatic rings. The molecule has 4 nitrogen and oxygen atoms in total. The molecule has 0 unspecified atom stereocenters. The second-order valence-electron chi connectivity index (χ2n) is 5.06. The normalized spacial score (nSPS) is 15.8. The number of nitrogens with zero attached hydrogens (tertiary/aromatic N) is 3. The Morgan fingerprint density at radius 1 is 1.44 bits per heavy atom. The average molecular weight is 270 g/mol. The molecule has 5 heteroatoms. The number of anilines is 1. The molecule has 1 fully saturated rings. The Kier molecular flexibility index (Phi) is 4.40. The highest BCUT2D eigenvalue weighted by molar-refractivity contribution is 6.29. The minimum Gasteiger partial charge on any atom is -0.395 e. The zero-order valence-electron chi connectivity index (χ0n) is 10.9. The Morgan fingerprint density at radius 2 is 2.17 bits per heavy atom. The standard InChI is InChI=1S/C13H20ClN3O/c1-9(2)13-15-11(14)8-12(16-13)17(6-7-18)10-4-3-5-10/h8-10,18H,3-7H2,1-2H3. The van der Waals surface area contributed by atoms with Crippen LogP contribution < -0.4 is 4.90 Å². The van der Waals surface area contributed by atoms with Gasteiger partial charge in [0.2, 0.25) is 0 Å². The van der Waals surface area contributed by atoms with Crippen LogP contribution >= 0.6 is 11.6 Å². The molecule has 100 valence electrons. The molecule has 2 rings (SSSR count). The monoisotopic (exact) mass is 269 g/mol. The van der Waals surface area contributed by atoms with Gasteiger partial charge in [0.25, 0.3) is 0 Å². The van der Waals surface area contributed by atoms with E-state index in [4.69, 9.17) is 11.6 Å². The lowest BCUT2D eigenvalue weighted by Crippen LogP contribution is -2.42. The fraction of sp³-hybridized carbons (Fsp3) is 0.692. The quantitative estimate of drug-likeness (QED) is 0.835. The zero-order valence-corrected chi connectivity index (χ0v) is 11.7. The Bertz CT molecular complexity index is 407. The topological polar surface area (TPSA) is 49.2 Å². The van der Waals surface area contributed by atoms with E-state index in [0.29, 0.717) is 17.7 Å². The van der Waals surface area contributed by atoms with Crippen molar-refractivity contribution >= 4 is 17.4 Å². The van der Waals surface area contributed by atoms with Crippen LogP contribution in [-0.2, 0) is 0 Å². The molecular weight excluding hydrogens is 250 g/mol. The molecule has 1 aromatic heterocycles. The van der Waals surface area contributed by atoms with Crippen LogP contribution in [0.2, 0.25) is 5.15 Å². The first-order valence-corrected chi connectivity index (χ1v) is 6.91. The fourth-order valence-corrected chi connectivity index (χ4v) is 2.30. The highest BCUT2D eigenvalue weighted by Gasteiger charge is 2.26. The van der Waals surface area contributed by atoms with E-state index in [9.17, 15) is 5.11 Å². The number of aliphatic hydroxyl groups excluding tert-OH is 1. The third kappa shape index (κ3) is 2.93.